The summed E-state index contributed by atoms with van der Waals surface area (Å²) in [5.41, 5.74) is 2.53. The third kappa shape index (κ3) is 3.27. The number of amides is 1. The number of hydrogen-bond acceptors (Lipinski definition) is 4. The number of benzene rings is 1. The Morgan fingerprint density at radius 1 is 1.31 bits per heavy atom. The van der Waals surface area contributed by atoms with Crippen LogP contribution in [-0.2, 0) is 14.3 Å². The van der Waals surface area contributed by atoms with E-state index in [-0.39, 0.29) is 28.9 Å². The number of hydrogen-bond donors (Lipinski definition) is 1. The van der Waals surface area contributed by atoms with E-state index in [1.165, 1.54) is 12.0 Å². The van der Waals surface area contributed by atoms with Crippen LogP contribution < -0.4 is 10.1 Å². The summed E-state index contributed by atoms with van der Waals surface area (Å²) in [6, 6.07) is 6.58. The molecule has 1 spiro atoms. The maximum atomic E-state index is 12.6. The van der Waals surface area contributed by atoms with Crippen LogP contribution >= 0.6 is 0 Å². The van der Waals surface area contributed by atoms with Crippen molar-refractivity contribution in [1.29, 1.82) is 0 Å². The van der Waals surface area contributed by atoms with Crippen LogP contribution in [0.5, 0.6) is 5.75 Å². The molecule has 5 nitrogen and oxygen atoms in total. The molecule has 0 unspecified atom stereocenters. The molecule has 0 aromatic heterocycles. The second-order valence-electron chi connectivity index (χ2n) is 9.83. The molecule has 2 bridgehead atoms. The van der Waals surface area contributed by atoms with Gasteiger partial charge < -0.3 is 19.5 Å². The molecule has 4 rings (SSSR count). The summed E-state index contributed by atoms with van der Waals surface area (Å²) in [5.74, 6) is 2.01. The maximum Gasteiger partial charge on any atom is 0.222 e. The molecule has 1 aromatic rings. The van der Waals surface area contributed by atoms with E-state index in [1.807, 2.05) is 0 Å². The molecule has 5 heteroatoms. The van der Waals surface area contributed by atoms with Gasteiger partial charge in [-0.1, -0.05) is 26.0 Å². The lowest BCUT2D eigenvalue weighted by Gasteiger charge is -2.53. The van der Waals surface area contributed by atoms with Crippen LogP contribution in [0.1, 0.15) is 56.8 Å². The second-order valence-corrected chi connectivity index (χ2v) is 9.83. The normalized spacial score (nSPS) is 34.7. The van der Waals surface area contributed by atoms with Gasteiger partial charge in [0.1, 0.15) is 5.75 Å². The standard InChI is InChI=1S/C24H35NO4/c1-15-6-7-17(19(12-15)28-5)21-18-13-16-14-24(18,9-11-29-21)22(23(16,2)3)25-20(26)8-10-27-4/h6-7,12,16,18,21-22H,8-11,13-14H2,1-5H3,(H,25,26)/t16-,18-,21-,22+,24-/m1/s1. The number of carbonyl (C=O) groups is 1. The van der Waals surface area contributed by atoms with Crippen LogP contribution in [0.25, 0.3) is 0 Å². The van der Waals surface area contributed by atoms with Crippen molar-refractivity contribution >= 4 is 5.91 Å². The minimum absolute atomic E-state index is 0.0266. The zero-order valence-electron chi connectivity index (χ0n) is 18.4. The van der Waals surface area contributed by atoms with Gasteiger partial charge in [-0.2, -0.15) is 0 Å². The van der Waals surface area contributed by atoms with E-state index in [0.717, 1.165) is 30.8 Å². The Hall–Kier alpha value is -1.59. The summed E-state index contributed by atoms with van der Waals surface area (Å²) < 4.78 is 17.2. The number of carbonyl (C=O) groups excluding carboxylic acids is 1. The van der Waals surface area contributed by atoms with Crippen molar-refractivity contribution in [3.8, 4) is 5.75 Å². The zero-order chi connectivity index (χ0) is 20.8. The molecule has 29 heavy (non-hydrogen) atoms. The zero-order valence-corrected chi connectivity index (χ0v) is 18.4. The van der Waals surface area contributed by atoms with Crippen molar-refractivity contribution in [1.82, 2.24) is 5.32 Å². The average molecular weight is 402 g/mol. The van der Waals surface area contributed by atoms with Gasteiger partial charge in [0.15, 0.2) is 0 Å². The van der Waals surface area contributed by atoms with Crippen LogP contribution in [0.3, 0.4) is 0 Å². The molecule has 5 atom stereocenters. The molecule has 1 amide bonds. The molecule has 160 valence electrons. The lowest BCUT2D eigenvalue weighted by Crippen LogP contribution is -2.59. The van der Waals surface area contributed by atoms with Crippen LogP contribution in [-0.4, -0.2) is 39.4 Å². The molecule has 1 N–H and O–H groups in total. The summed E-state index contributed by atoms with van der Waals surface area (Å²) in [5, 5.41) is 3.43. The summed E-state index contributed by atoms with van der Waals surface area (Å²) in [6.07, 6.45) is 3.78. The van der Waals surface area contributed by atoms with E-state index in [4.69, 9.17) is 14.2 Å². The van der Waals surface area contributed by atoms with E-state index in [0.29, 0.717) is 24.9 Å². The van der Waals surface area contributed by atoms with E-state index >= 15 is 0 Å². The third-order valence-electron chi connectivity index (χ3n) is 8.04. The van der Waals surface area contributed by atoms with Gasteiger partial charge in [0, 0.05) is 31.7 Å². The quantitative estimate of drug-likeness (QED) is 0.782. The predicted molar refractivity (Wildman–Crippen MR) is 112 cm³/mol. The monoisotopic (exact) mass is 401 g/mol. The van der Waals surface area contributed by atoms with Gasteiger partial charge in [-0.05, 0) is 60.5 Å². The van der Waals surface area contributed by atoms with Gasteiger partial charge in [0.25, 0.3) is 0 Å². The maximum absolute atomic E-state index is 12.6. The van der Waals surface area contributed by atoms with Gasteiger partial charge in [-0.15, -0.1) is 0 Å². The molecule has 2 saturated carbocycles. The summed E-state index contributed by atoms with van der Waals surface area (Å²) in [4.78, 5) is 12.6. The van der Waals surface area contributed by atoms with Crippen molar-refractivity contribution in [2.75, 3.05) is 27.4 Å². The van der Waals surface area contributed by atoms with E-state index in [9.17, 15) is 4.79 Å². The fourth-order valence-electron chi connectivity index (χ4n) is 6.58. The number of nitrogens with one attached hydrogen (secondary N) is 1. The number of methoxy groups -OCH3 is 2. The molecule has 2 aliphatic carbocycles. The topological polar surface area (TPSA) is 56.8 Å². The Morgan fingerprint density at radius 2 is 2.10 bits per heavy atom. The minimum Gasteiger partial charge on any atom is -0.496 e. The predicted octanol–water partition coefficient (Wildman–Crippen LogP) is 4.04. The Bertz CT molecular complexity index is 776. The number of fused-ring (bicyclic) bond motifs is 1. The van der Waals surface area contributed by atoms with Gasteiger partial charge in [0.2, 0.25) is 5.91 Å². The molecule has 1 heterocycles. The van der Waals surface area contributed by atoms with Gasteiger partial charge in [-0.25, -0.2) is 0 Å². The van der Waals surface area contributed by atoms with Crippen molar-refractivity contribution < 1.29 is 19.0 Å². The Labute approximate surface area is 174 Å². The van der Waals surface area contributed by atoms with Crippen molar-refractivity contribution in [2.24, 2.45) is 22.7 Å². The highest BCUT2D eigenvalue weighted by Gasteiger charge is 2.68. The van der Waals surface area contributed by atoms with Gasteiger partial charge in [0.05, 0.1) is 19.8 Å². The highest BCUT2D eigenvalue weighted by atomic mass is 16.5. The first kappa shape index (κ1) is 20.7. The molecule has 0 radical (unpaired) electrons. The highest BCUT2D eigenvalue weighted by Crippen LogP contribution is 2.70. The lowest BCUT2D eigenvalue weighted by molar-refractivity contribution is -0.138. The summed E-state index contributed by atoms with van der Waals surface area (Å²) >= 11 is 0. The molecule has 1 aliphatic heterocycles. The van der Waals surface area contributed by atoms with Crippen molar-refractivity contribution in [3.05, 3.63) is 29.3 Å². The molecule has 3 aliphatic rings. The SMILES string of the molecule is COCCC(=O)N[C@H]1C(C)(C)[C@@H]2C[C@@H]3[C@@H](c4ccc(C)cc4OC)OCC[C@@]31C2. The van der Waals surface area contributed by atoms with Crippen molar-refractivity contribution in [3.63, 3.8) is 0 Å². The first-order chi connectivity index (χ1) is 13.8. The van der Waals surface area contributed by atoms with Gasteiger partial charge in [-0.3, -0.25) is 4.79 Å². The van der Waals surface area contributed by atoms with Crippen molar-refractivity contribution in [2.45, 2.75) is 58.6 Å². The molecule has 1 aromatic carbocycles. The third-order valence-corrected chi connectivity index (χ3v) is 8.04. The summed E-state index contributed by atoms with van der Waals surface area (Å²) in [6.45, 7) is 7.94. The van der Waals surface area contributed by atoms with E-state index in [2.05, 4.69) is 44.3 Å². The average Bonchev–Trinajstić information content (AvgIpc) is 3.19. The number of rotatable bonds is 6. The van der Waals surface area contributed by atoms with Crippen LogP contribution in [0.15, 0.2) is 18.2 Å². The van der Waals surface area contributed by atoms with E-state index < -0.39 is 0 Å². The molecular formula is C24H35NO4. The van der Waals surface area contributed by atoms with E-state index in [1.54, 1.807) is 14.2 Å². The second kappa shape index (κ2) is 7.59. The Balaban J connectivity index is 1.66. The molecular weight excluding hydrogens is 366 g/mol. The fraction of sp³-hybridized carbons (Fsp3) is 0.708. The van der Waals surface area contributed by atoms with Crippen LogP contribution in [0.4, 0.5) is 0 Å². The first-order valence-corrected chi connectivity index (χ1v) is 10.9. The highest BCUT2D eigenvalue weighted by molar-refractivity contribution is 5.76. The molecule has 3 fully saturated rings. The fourth-order valence-corrected chi connectivity index (χ4v) is 6.58. The van der Waals surface area contributed by atoms with Gasteiger partial charge >= 0.3 is 0 Å². The number of aryl methyl sites for hydroxylation is 1. The largest absolute Gasteiger partial charge is 0.496 e. The number of ether oxygens (including phenoxy) is 3. The van der Waals surface area contributed by atoms with Crippen LogP contribution in [0, 0.1) is 29.6 Å². The summed E-state index contributed by atoms with van der Waals surface area (Å²) in [7, 11) is 3.38. The lowest BCUT2D eigenvalue weighted by atomic mass is 9.58. The molecule has 1 saturated heterocycles. The Morgan fingerprint density at radius 3 is 2.83 bits per heavy atom. The smallest absolute Gasteiger partial charge is 0.222 e. The Kier molecular flexibility index (Phi) is 5.41. The minimum atomic E-state index is 0.0266. The first-order valence-electron chi connectivity index (χ1n) is 10.9. The van der Waals surface area contributed by atoms with Crippen LogP contribution in [0.2, 0.25) is 0 Å².